The molecule has 0 N–H and O–H groups in total. The summed E-state index contributed by atoms with van der Waals surface area (Å²) in [4.78, 5) is 10.8. The molecule has 3 aromatic rings. The van der Waals surface area contributed by atoms with Crippen molar-refractivity contribution in [2.75, 3.05) is 0 Å². The molecule has 0 radical (unpaired) electrons. The van der Waals surface area contributed by atoms with Gasteiger partial charge in [0.2, 0.25) is 5.28 Å². The van der Waals surface area contributed by atoms with Crippen LogP contribution in [0.1, 0.15) is 16.8 Å². The van der Waals surface area contributed by atoms with E-state index in [0.29, 0.717) is 0 Å². The molecular formula is C11H9ClN4S3. The van der Waals surface area contributed by atoms with E-state index in [-0.39, 0.29) is 5.28 Å². The van der Waals surface area contributed by atoms with Crippen LogP contribution in [0.15, 0.2) is 15.4 Å². The monoisotopic (exact) mass is 328 g/mol. The maximum atomic E-state index is 5.99. The highest BCUT2D eigenvalue weighted by Gasteiger charge is 2.13. The summed E-state index contributed by atoms with van der Waals surface area (Å²) in [6, 6.07) is 2.13. The first-order chi connectivity index (χ1) is 9.15. The predicted octanol–water partition coefficient (Wildman–Crippen LogP) is 4.22. The van der Waals surface area contributed by atoms with Gasteiger partial charge in [0.25, 0.3) is 0 Å². The van der Waals surface area contributed by atoms with Crippen LogP contribution < -0.4 is 0 Å². The van der Waals surface area contributed by atoms with Crippen molar-refractivity contribution in [1.82, 2.24) is 20.2 Å². The summed E-state index contributed by atoms with van der Waals surface area (Å²) >= 11 is 10.7. The summed E-state index contributed by atoms with van der Waals surface area (Å²) in [6.45, 7) is 4.06. The van der Waals surface area contributed by atoms with Crippen LogP contribution in [0.25, 0.3) is 10.2 Å². The third kappa shape index (κ3) is 2.74. The zero-order valence-electron chi connectivity index (χ0n) is 10.2. The Morgan fingerprint density at radius 3 is 2.79 bits per heavy atom. The van der Waals surface area contributed by atoms with E-state index >= 15 is 0 Å². The highest BCUT2D eigenvalue weighted by molar-refractivity contribution is 8.01. The summed E-state index contributed by atoms with van der Waals surface area (Å²) in [5.74, 6) is 0. The number of halogens is 1. The van der Waals surface area contributed by atoms with Gasteiger partial charge in [0.05, 0.1) is 0 Å². The van der Waals surface area contributed by atoms with Gasteiger partial charge in [0, 0.05) is 10.3 Å². The van der Waals surface area contributed by atoms with Gasteiger partial charge < -0.3 is 0 Å². The van der Waals surface area contributed by atoms with Gasteiger partial charge in [-0.3, -0.25) is 0 Å². The Kier molecular flexibility index (Phi) is 3.70. The molecule has 8 heteroatoms. The first-order valence-electron chi connectivity index (χ1n) is 5.59. The van der Waals surface area contributed by atoms with Gasteiger partial charge in [-0.25, -0.2) is 9.97 Å². The average molecular weight is 329 g/mol. The number of nitrogens with zero attached hydrogens (tertiary/aromatic N) is 4. The van der Waals surface area contributed by atoms with Gasteiger partial charge in [-0.15, -0.1) is 21.5 Å². The lowest BCUT2D eigenvalue weighted by Crippen LogP contribution is -1.86. The predicted molar refractivity (Wildman–Crippen MR) is 80.6 cm³/mol. The minimum absolute atomic E-state index is 0.278. The molecule has 0 unspecified atom stereocenters. The maximum Gasteiger partial charge on any atom is 0.224 e. The van der Waals surface area contributed by atoms with E-state index in [2.05, 4.69) is 33.2 Å². The molecule has 98 valence electrons. The molecule has 0 bridgehead atoms. The lowest BCUT2D eigenvalue weighted by atomic mass is 10.3. The van der Waals surface area contributed by atoms with Crippen LogP contribution in [0.3, 0.4) is 0 Å². The Hall–Kier alpha value is -0.760. The van der Waals surface area contributed by atoms with Crippen molar-refractivity contribution >= 4 is 56.3 Å². The fourth-order valence-corrected chi connectivity index (χ4v) is 4.70. The van der Waals surface area contributed by atoms with Crippen LogP contribution >= 0.6 is 46.0 Å². The van der Waals surface area contributed by atoms with E-state index in [1.54, 1.807) is 22.7 Å². The quantitative estimate of drug-likeness (QED) is 0.532. The van der Waals surface area contributed by atoms with Gasteiger partial charge in [0.1, 0.15) is 14.9 Å². The second-order valence-electron chi connectivity index (χ2n) is 3.77. The van der Waals surface area contributed by atoms with Crippen LogP contribution in [0.2, 0.25) is 5.28 Å². The smallest absolute Gasteiger partial charge is 0.210 e. The molecule has 0 amide bonds. The van der Waals surface area contributed by atoms with Crippen molar-refractivity contribution in [1.29, 1.82) is 0 Å². The fraction of sp³-hybridized carbons (Fsp3) is 0.273. The molecule has 0 saturated heterocycles. The summed E-state index contributed by atoms with van der Waals surface area (Å²) < 4.78 is 0.873. The first kappa shape index (κ1) is 13.2. The van der Waals surface area contributed by atoms with Gasteiger partial charge in [0.15, 0.2) is 4.34 Å². The third-order valence-corrected chi connectivity index (χ3v) is 5.66. The molecule has 0 aliphatic rings. The lowest BCUT2D eigenvalue weighted by Gasteiger charge is -1.99. The molecule has 0 aromatic carbocycles. The van der Waals surface area contributed by atoms with Crippen molar-refractivity contribution in [2.24, 2.45) is 0 Å². The number of thiophene rings is 1. The zero-order chi connectivity index (χ0) is 13.4. The zero-order valence-corrected chi connectivity index (χ0v) is 13.4. The summed E-state index contributed by atoms with van der Waals surface area (Å²) in [7, 11) is 0. The number of aryl methyl sites for hydroxylation is 2. The van der Waals surface area contributed by atoms with Crippen LogP contribution in [-0.4, -0.2) is 20.2 Å². The molecule has 0 aliphatic heterocycles. The standard InChI is InChI=1S/C11H9ClN4S3/c1-3-6-4-7-8(18-6)13-10(12)14-9(7)19-11-16-15-5(2)17-11/h4H,3H2,1-2H3. The Morgan fingerprint density at radius 2 is 2.11 bits per heavy atom. The van der Waals surface area contributed by atoms with Crippen LogP contribution in [0.4, 0.5) is 0 Å². The van der Waals surface area contributed by atoms with E-state index in [9.17, 15) is 0 Å². The third-order valence-electron chi connectivity index (χ3n) is 2.42. The van der Waals surface area contributed by atoms with Crippen molar-refractivity contribution in [3.05, 3.63) is 21.2 Å². The van der Waals surface area contributed by atoms with Crippen molar-refractivity contribution in [2.45, 2.75) is 29.6 Å². The molecule has 0 aliphatic carbocycles. The minimum Gasteiger partial charge on any atom is -0.210 e. The number of hydrogen-bond donors (Lipinski definition) is 0. The number of aromatic nitrogens is 4. The molecule has 3 heterocycles. The Balaban J connectivity index is 2.08. The van der Waals surface area contributed by atoms with E-state index in [1.165, 1.54) is 16.6 Å². The van der Waals surface area contributed by atoms with Gasteiger partial charge in [-0.05, 0) is 42.8 Å². The number of fused-ring (bicyclic) bond motifs is 1. The Labute approximate surface area is 127 Å². The minimum atomic E-state index is 0.278. The number of rotatable bonds is 3. The van der Waals surface area contributed by atoms with Crippen molar-refractivity contribution < 1.29 is 0 Å². The summed E-state index contributed by atoms with van der Waals surface area (Å²) in [6.07, 6.45) is 0.987. The first-order valence-corrected chi connectivity index (χ1v) is 8.42. The fourth-order valence-electron chi connectivity index (χ4n) is 1.57. The van der Waals surface area contributed by atoms with E-state index in [0.717, 1.165) is 31.0 Å². The molecule has 0 spiro atoms. The van der Waals surface area contributed by atoms with E-state index < -0.39 is 0 Å². The van der Waals surface area contributed by atoms with Gasteiger partial charge in [-0.1, -0.05) is 18.3 Å². The largest absolute Gasteiger partial charge is 0.224 e. The van der Waals surface area contributed by atoms with E-state index in [1.807, 2.05) is 6.92 Å². The highest BCUT2D eigenvalue weighted by atomic mass is 35.5. The molecule has 0 saturated carbocycles. The second kappa shape index (κ2) is 5.32. The van der Waals surface area contributed by atoms with Crippen LogP contribution in [-0.2, 0) is 6.42 Å². The average Bonchev–Trinajstić information content (AvgIpc) is 2.95. The topological polar surface area (TPSA) is 51.6 Å². The van der Waals surface area contributed by atoms with Gasteiger partial charge >= 0.3 is 0 Å². The van der Waals surface area contributed by atoms with E-state index in [4.69, 9.17) is 11.6 Å². The summed E-state index contributed by atoms with van der Waals surface area (Å²) in [5, 5.41) is 11.2. The molecule has 3 aromatic heterocycles. The van der Waals surface area contributed by atoms with Crippen LogP contribution in [0, 0.1) is 6.92 Å². The van der Waals surface area contributed by atoms with Crippen molar-refractivity contribution in [3.63, 3.8) is 0 Å². The Morgan fingerprint density at radius 1 is 1.26 bits per heavy atom. The lowest BCUT2D eigenvalue weighted by molar-refractivity contribution is 0.981. The number of hydrogen-bond acceptors (Lipinski definition) is 7. The van der Waals surface area contributed by atoms with Gasteiger partial charge in [-0.2, -0.15) is 0 Å². The molecule has 0 atom stereocenters. The molecule has 0 fully saturated rings. The summed E-state index contributed by atoms with van der Waals surface area (Å²) in [5.41, 5.74) is 0. The second-order valence-corrected chi connectivity index (χ2v) is 7.64. The maximum absolute atomic E-state index is 5.99. The SMILES string of the molecule is CCc1cc2c(Sc3nnc(C)s3)nc(Cl)nc2s1. The van der Waals surface area contributed by atoms with Crippen molar-refractivity contribution in [3.8, 4) is 0 Å². The molecule has 3 rings (SSSR count). The molecular weight excluding hydrogens is 320 g/mol. The molecule has 4 nitrogen and oxygen atoms in total. The van der Waals surface area contributed by atoms with Crippen LogP contribution in [0.5, 0.6) is 0 Å². The normalized spacial score (nSPS) is 11.3. The highest BCUT2D eigenvalue weighted by Crippen LogP contribution is 2.36. The Bertz CT molecular complexity index is 737. The molecule has 19 heavy (non-hydrogen) atoms.